The van der Waals surface area contributed by atoms with Gasteiger partial charge < -0.3 is 10.4 Å². The summed E-state index contributed by atoms with van der Waals surface area (Å²) in [6.45, 7) is 2.03. The van der Waals surface area contributed by atoms with Gasteiger partial charge in [-0.25, -0.2) is 0 Å². The molecule has 2 aromatic rings. The summed E-state index contributed by atoms with van der Waals surface area (Å²) in [4.78, 5) is 11.6. The van der Waals surface area contributed by atoms with Crippen LogP contribution in [0.1, 0.15) is 41.2 Å². The molecular formula is C18H19NO2. The zero-order chi connectivity index (χ0) is 14.8. The van der Waals surface area contributed by atoms with Crippen LogP contribution in [-0.2, 0) is 11.2 Å². The molecule has 2 N–H and O–H groups in total. The summed E-state index contributed by atoms with van der Waals surface area (Å²) in [6, 6.07) is 13.7. The van der Waals surface area contributed by atoms with Crippen molar-refractivity contribution in [3.8, 4) is 0 Å². The first kappa shape index (κ1) is 13.8. The molecule has 0 aliphatic carbocycles. The fraction of sp³-hybridized carbons (Fsp3) is 0.278. The van der Waals surface area contributed by atoms with Crippen LogP contribution >= 0.6 is 0 Å². The molecule has 3 heteroatoms. The second-order valence-electron chi connectivity index (χ2n) is 5.63. The van der Waals surface area contributed by atoms with E-state index in [-0.39, 0.29) is 5.91 Å². The number of anilines is 1. The monoisotopic (exact) mass is 281 g/mol. The Labute approximate surface area is 124 Å². The van der Waals surface area contributed by atoms with E-state index in [2.05, 4.69) is 5.32 Å². The molecule has 1 aliphatic heterocycles. The zero-order valence-electron chi connectivity index (χ0n) is 12.1. The third kappa shape index (κ3) is 2.98. The van der Waals surface area contributed by atoms with Crippen LogP contribution in [-0.4, -0.2) is 11.0 Å². The van der Waals surface area contributed by atoms with Gasteiger partial charge in [-0.05, 0) is 42.5 Å². The summed E-state index contributed by atoms with van der Waals surface area (Å²) in [5.74, 6) is 0.0700. The second-order valence-corrected chi connectivity index (χ2v) is 5.63. The first-order valence-electron chi connectivity index (χ1n) is 7.31. The summed E-state index contributed by atoms with van der Waals surface area (Å²) < 4.78 is 0. The van der Waals surface area contributed by atoms with Crippen LogP contribution in [0.3, 0.4) is 0 Å². The van der Waals surface area contributed by atoms with E-state index >= 15 is 0 Å². The maximum absolute atomic E-state index is 11.6. The molecule has 0 aromatic heterocycles. The van der Waals surface area contributed by atoms with Crippen molar-refractivity contribution in [2.75, 3.05) is 5.32 Å². The van der Waals surface area contributed by atoms with Gasteiger partial charge in [0.1, 0.15) is 6.10 Å². The predicted octanol–water partition coefficient (Wildman–Crippen LogP) is 3.35. The van der Waals surface area contributed by atoms with E-state index < -0.39 is 6.10 Å². The number of amides is 1. The van der Waals surface area contributed by atoms with Gasteiger partial charge in [0.05, 0.1) is 0 Å². The van der Waals surface area contributed by atoms with Crippen molar-refractivity contribution in [2.45, 2.75) is 32.3 Å². The lowest BCUT2D eigenvalue weighted by Gasteiger charge is -2.15. The number of fused-ring (bicyclic) bond motifs is 1. The van der Waals surface area contributed by atoms with Gasteiger partial charge in [0.2, 0.25) is 5.91 Å². The van der Waals surface area contributed by atoms with Crippen molar-refractivity contribution >= 4 is 11.6 Å². The first-order chi connectivity index (χ1) is 10.1. The number of aryl methyl sites for hydroxylation is 2. The number of carbonyl (C=O) groups excluding carboxylic acids is 1. The van der Waals surface area contributed by atoms with Crippen molar-refractivity contribution in [3.63, 3.8) is 0 Å². The van der Waals surface area contributed by atoms with Gasteiger partial charge in [-0.3, -0.25) is 4.79 Å². The van der Waals surface area contributed by atoms with Gasteiger partial charge in [0, 0.05) is 12.1 Å². The molecule has 0 saturated heterocycles. The van der Waals surface area contributed by atoms with Crippen molar-refractivity contribution in [1.29, 1.82) is 0 Å². The molecule has 1 heterocycles. The molecule has 1 unspecified atom stereocenters. The third-order valence-corrected chi connectivity index (χ3v) is 3.96. The molecule has 1 amide bonds. The Bertz CT molecular complexity index is 661. The summed E-state index contributed by atoms with van der Waals surface area (Å²) in [7, 11) is 0. The number of benzene rings is 2. The van der Waals surface area contributed by atoms with E-state index in [1.165, 1.54) is 5.56 Å². The van der Waals surface area contributed by atoms with E-state index in [0.29, 0.717) is 6.42 Å². The quantitative estimate of drug-likeness (QED) is 0.887. The SMILES string of the molecule is Cc1ccc(C(O)c2ccc3c(c2)CCCC(=O)N3)cc1. The van der Waals surface area contributed by atoms with E-state index in [0.717, 1.165) is 35.2 Å². The molecule has 2 aromatic carbocycles. The van der Waals surface area contributed by atoms with E-state index in [4.69, 9.17) is 0 Å². The van der Waals surface area contributed by atoms with Crippen molar-refractivity contribution < 1.29 is 9.90 Å². The van der Waals surface area contributed by atoms with Gasteiger partial charge >= 0.3 is 0 Å². The highest BCUT2D eigenvalue weighted by Gasteiger charge is 2.16. The highest BCUT2D eigenvalue weighted by Crippen LogP contribution is 2.28. The van der Waals surface area contributed by atoms with Crippen LogP contribution in [0.4, 0.5) is 5.69 Å². The standard InChI is InChI=1S/C18H19NO2/c1-12-5-7-13(8-6-12)18(21)15-9-10-16-14(11-15)3-2-4-17(20)19-16/h5-11,18,21H,2-4H2,1H3,(H,19,20). The number of rotatable bonds is 2. The minimum Gasteiger partial charge on any atom is -0.384 e. The predicted molar refractivity (Wildman–Crippen MR) is 83.3 cm³/mol. The van der Waals surface area contributed by atoms with Crippen LogP contribution in [0.25, 0.3) is 0 Å². The number of aliphatic hydroxyl groups is 1. The largest absolute Gasteiger partial charge is 0.384 e. The molecule has 0 spiro atoms. The Kier molecular flexibility index (Phi) is 3.76. The fourth-order valence-corrected chi connectivity index (χ4v) is 2.71. The molecule has 0 saturated carbocycles. The van der Waals surface area contributed by atoms with Crippen LogP contribution in [0.5, 0.6) is 0 Å². The number of nitrogens with one attached hydrogen (secondary N) is 1. The summed E-state index contributed by atoms with van der Waals surface area (Å²) >= 11 is 0. The van der Waals surface area contributed by atoms with E-state index in [1.54, 1.807) is 0 Å². The highest BCUT2D eigenvalue weighted by atomic mass is 16.3. The van der Waals surface area contributed by atoms with Crippen molar-refractivity contribution in [1.82, 2.24) is 0 Å². The number of hydrogen-bond acceptors (Lipinski definition) is 2. The molecule has 0 fully saturated rings. The minimum atomic E-state index is -0.630. The molecular weight excluding hydrogens is 262 g/mol. The Morgan fingerprint density at radius 3 is 2.52 bits per heavy atom. The van der Waals surface area contributed by atoms with Crippen molar-refractivity contribution in [2.24, 2.45) is 0 Å². The lowest BCUT2D eigenvalue weighted by Crippen LogP contribution is -2.09. The van der Waals surface area contributed by atoms with Crippen LogP contribution in [0.15, 0.2) is 42.5 Å². The zero-order valence-corrected chi connectivity index (χ0v) is 12.1. The molecule has 1 atom stereocenters. The maximum Gasteiger partial charge on any atom is 0.224 e. The second kappa shape index (κ2) is 5.70. The van der Waals surface area contributed by atoms with Gasteiger partial charge in [0.15, 0.2) is 0 Å². The number of aliphatic hydroxyl groups excluding tert-OH is 1. The molecule has 0 bridgehead atoms. The Morgan fingerprint density at radius 1 is 1.05 bits per heavy atom. The van der Waals surface area contributed by atoms with Crippen LogP contribution in [0.2, 0.25) is 0 Å². The van der Waals surface area contributed by atoms with Gasteiger partial charge in [-0.2, -0.15) is 0 Å². The van der Waals surface area contributed by atoms with Crippen LogP contribution in [0, 0.1) is 6.92 Å². The lowest BCUT2D eigenvalue weighted by atomic mass is 9.97. The molecule has 0 radical (unpaired) electrons. The van der Waals surface area contributed by atoms with Crippen LogP contribution < -0.4 is 5.32 Å². The summed E-state index contributed by atoms with van der Waals surface area (Å²) in [5.41, 5.74) is 4.91. The fourth-order valence-electron chi connectivity index (χ4n) is 2.71. The molecule has 21 heavy (non-hydrogen) atoms. The third-order valence-electron chi connectivity index (χ3n) is 3.96. The average Bonchev–Trinajstić information content (AvgIpc) is 2.67. The summed E-state index contributed by atoms with van der Waals surface area (Å²) in [5, 5.41) is 13.4. The minimum absolute atomic E-state index is 0.0700. The maximum atomic E-state index is 11.6. The number of carbonyl (C=O) groups is 1. The lowest BCUT2D eigenvalue weighted by molar-refractivity contribution is -0.116. The summed E-state index contributed by atoms with van der Waals surface area (Å²) in [6.07, 6.45) is 1.64. The average molecular weight is 281 g/mol. The van der Waals surface area contributed by atoms with Gasteiger partial charge in [0.25, 0.3) is 0 Å². The molecule has 3 rings (SSSR count). The van der Waals surface area contributed by atoms with E-state index in [9.17, 15) is 9.90 Å². The van der Waals surface area contributed by atoms with E-state index in [1.807, 2.05) is 49.4 Å². The molecule has 3 nitrogen and oxygen atoms in total. The Morgan fingerprint density at radius 2 is 1.76 bits per heavy atom. The molecule has 108 valence electrons. The van der Waals surface area contributed by atoms with Crippen molar-refractivity contribution in [3.05, 3.63) is 64.7 Å². The topological polar surface area (TPSA) is 49.3 Å². The highest BCUT2D eigenvalue weighted by molar-refractivity contribution is 5.92. The number of hydrogen-bond donors (Lipinski definition) is 2. The Balaban J connectivity index is 1.91. The van der Waals surface area contributed by atoms with Gasteiger partial charge in [-0.1, -0.05) is 42.0 Å². The Hall–Kier alpha value is -2.13. The van der Waals surface area contributed by atoms with Gasteiger partial charge in [-0.15, -0.1) is 0 Å². The smallest absolute Gasteiger partial charge is 0.224 e. The normalized spacial score (nSPS) is 15.8. The molecule has 1 aliphatic rings. The first-order valence-corrected chi connectivity index (χ1v) is 7.31.